The van der Waals surface area contributed by atoms with E-state index in [1.54, 1.807) is 24.3 Å². The Bertz CT molecular complexity index is 927. The van der Waals surface area contributed by atoms with Crippen molar-refractivity contribution >= 4 is 21.6 Å². The second kappa shape index (κ2) is 10.2. The lowest BCUT2D eigenvalue weighted by Gasteiger charge is -2.22. The first-order chi connectivity index (χ1) is 13.7. The summed E-state index contributed by atoms with van der Waals surface area (Å²) in [7, 11) is -3.62. The lowest BCUT2D eigenvalue weighted by Crippen LogP contribution is -2.41. The molecule has 0 atom stereocenters. The molecule has 0 radical (unpaired) electrons. The van der Waals surface area contributed by atoms with Gasteiger partial charge in [-0.15, -0.1) is 0 Å². The summed E-state index contributed by atoms with van der Waals surface area (Å²) in [6.07, 6.45) is 1.07. The monoisotopic (exact) mass is 420 g/mol. The molecule has 0 aliphatic heterocycles. The summed E-state index contributed by atoms with van der Waals surface area (Å²) in [5.74, 6) is 0.998. The van der Waals surface area contributed by atoms with E-state index >= 15 is 0 Å². The number of nitrogens with zero attached hydrogens (tertiary/aromatic N) is 1. The molecule has 2 aromatic carbocycles. The van der Waals surface area contributed by atoms with Crippen molar-refractivity contribution < 1.29 is 22.7 Å². The topological polar surface area (TPSA) is 84.9 Å². The van der Waals surface area contributed by atoms with Crippen LogP contribution in [0.3, 0.4) is 0 Å². The minimum Gasteiger partial charge on any atom is -0.494 e. The van der Waals surface area contributed by atoms with Gasteiger partial charge in [0.25, 0.3) is 0 Å². The number of carbonyl (C=O) groups excluding carboxylic acids is 1. The number of aryl methyl sites for hydroxylation is 2. The Morgan fingerprint density at radius 1 is 1.07 bits per heavy atom. The molecular formula is C21H28N2O5S. The zero-order valence-electron chi connectivity index (χ0n) is 17.3. The maximum absolute atomic E-state index is 12.3. The van der Waals surface area contributed by atoms with Gasteiger partial charge >= 0.3 is 0 Å². The van der Waals surface area contributed by atoms with E-state index in [0.717, 1.165) is 27.4 Å². The zero-order valence-corrected chi connectivity index (χ0v) is 18.1. The molecule has 0 aromatic heterocycles. The molecular weight excluding hydrogens is 392 g/mol. The fourth-order valence-electron chi connectivity index (χ4n) is 2.68. The van der Waals surface area contributed by atoms with E-state index < -0.39 is 15.9 Å². The predicted molar refractivity (Wildman–Crippen MR) is 114 cm³/mol. The number of nitrogens with one attached hydrogen (secondary N) is 1. The SMILES string of the molecule is CCOc1ccc(N(CC(=O)NCCOc2cc(C)ccc2C)S(C)(=O)=O)cc1. The van der Waals surface area contributed by atoms with E-state index in [4.69, 9.17) is 9.47 Å². The summed E-state index contributed by atoms with van der Waals surface area (Å²) >= 11 is 0. The van der Waals surface area contributed by atoms with Crippen molar-refractivity contribution in [2.45, 2.75) is 20.8 Å². The molecule has 2 rings (SSSR count). The number of rotatable bonds is 10. The van der Waals surface area contributed by atoms with E-state index in [1.165, 1.54) is 0 Å². The summed E-state index contributed by atoms with van der Waals surface area (Å²) in [5, 5.41) is 2.70. The Balaban J connectivity index is 1.92. The van der Waals surface area contributed by atoms with Crippen LogP contribution in [-0.4, -0.2) is 46.9 Å². The fraction of sp³-hybridized carbons (Fsp3) is 0.381. The average molecular weight is 421 g/mol. The van der Waals surface area contributed by atoms with Crippen LogP contribution in [0.2, 0.25) is 0 Å². The minimum atomic E-state index is -3.62. The number of anilines is 1. The third-order valence-corrected chi connectivity index (χ3v) is 5.29. The number of benzene rings is 2. The molecule has 8 heteroatoms. The van der Waals surface area contributed by atoms with Gasteiger partial charge in [-0.25, -0.2) is 8.42 Å². The van der Waals surface area contributed by atoms with Crippen LogP contribution in [0.4, 0.5) is 5.69 Å². The zero-order chi connectivity index (χ0) is 21.4. The highest BCUT2D eigenvalue weighted by Gasteiger charge is 2.20. The van der Waals surface area contributed by atoms with Crippen LogP contribution in [0.15, 0.2) is 42.5 Å². The Morgan fingerprint density at radius 3 is 2.38 bits per heavy atom. The lowest BCUT2D eigenvalue weighted by molar-refractivity contribution is -0.119. The van der Waals surface area contributed by atoms with Crippen LogP contribution in [0.5, 0.6) is 11.5 Å². The van der Waals surface area contributed by atoms with Gasteiger partial charge in [0, 0.05) is 0 Å². The standard InChI is InChI=1S/C21H28N2O5S/c1-5-27-19-10-8-18(9-11-19)23(29(4,25)26)15-21(24)22-12-13-28-20-14-16(2)6-7-17(20)3/h6-11,14H,5,12-13,15H2,1-4H3,(H,22,24). The van der Waals surface area contributed by atoms with Gasteiger partial charge < -0.3 is 14.8 Å². The van der Waals surface area contributed by atoms with Crippen molar-refractivity contribution in [3.05, 3.63) is 53.6 Å². The highest BCUT2D eigenvalue weighted by atomic mass is 32.2. The number of ether oxygens (including phenoxy) is 2. The molecule has 0 fully saturated rings. The van der Waals surface area contributed by atoms with Crippen LogP contribution >= 0.6 is 0 Å². The first-order valence-corrected chi connectivity index (χ1v) is 11.2. The van der Waals surface area contributed by atoms with Crippen molar-refractivity contribution in [1.29, 1.82) is 0 Å². The molecule has 1 amide bonds. The molecule has 29 heavy (non-hydrogen) atoms. The highest BCUT2D eigenvalue weighted by molar-refractivity contribution is 7.92. The summed E-state index contributed by atoms with van der Waals surface area (Å²) in [4.78, 5) is 12.3. The molecule has 2 aromatic rings. The molecule has 158 valence electrons. The largest absolute Gasteiger partial charge is 0.494 e. The molecule has 0 saturated carbocycles. The number of carbonyl (C=O) groups is 1. The molecule has 1 N–H and O–H groups in total. The van der Waals surface area contributed by atoms with E-state index in [9.17, 15) is 13.2 Å². The second-order valence-electron chi connectivity index (χ2n) is 6.66. The molecule has 0 heterocycles. The summed E-state index contributed by atoms with van der Waals surface area (Å²) in [5.41, 5.74) is 2.51. The number of amides is 1. The average Bonchev–Trinajstić information content (AvgIpc) is 2.66. The van der Waals surface area contributed by atoms with E-state index in [-0.39, 0.29) is 19.7 Å². The number of hydrogen-bond donors (Lipinski definition) is 1. The first kappa shape index (κ1) is 22.5. The van der Waals surface area contributed by atoms with Gasteiger partial charge in [0.2, 0.25) is 15.9 Å². The molecule has 7 nitrogen and oxygen atoms in total. The Kier molecular flexibility index (Phi) is 7.90. The molecule has 0 aliphatic carbocycles. The van der Waals surface area contributed by atoms with Crippen molar-refractivity contribution in [2.75, 3.05) is 36.9 Å². The van der Waals surface area contributed by atoms with E-state index in [0.29, 0.717) is 18.0 Å². The Labute approximate surface area is 172 Å². The Hall–Kier alpha value is -2.74. The maximum Gasteiger partial charge on any atom is 0.240 e. The molecule has 0 spiro atoms. The van der Waals surface area contributed by atoms with Crippen molar-refractivity contribution in [2.24, 2.45) is 0 Å². The van der Waals surface area contributed by atoms with Gasteiger partial charge in [0.05, 0.1) is 25.1 Å². The fourth-order valence-corrected chi connectivity index (χ4v) is 3.53. The van der Waals surface area contributed by atoms with Gasteiger partial charge in [-0.2, -0.15) is 0 Å². The van der Waals surface area contributed by atoms with E-state index in [2.05, 4.69) is 5.32 Å². The van der Waals surface area contributed by atoms with Crippen LogP contribution in [0, 0.1) is 13.8 Å². The highest BCUT2D eigenvalue weighted by Crippen LogP contribution is 2.21. The Morgan fingerprint density at radius 2 is 1.76 bits per heavy atom. The first-order valence-electron chi connectivity index (χ1n) is 9.38. The molecule has 0 saturated heterocycles. The van der Waals surface area contributed by atoms with Gasteiger partial charge in [0.15, 0.2) is 0 Å². The quantitative estimate of drug-likeness (QED) is 0.598. The van der Waals surface area contributed by atoms with Crippen LogP contribution < -0.4 is 19.1 Å². The van der Waals surface area contributed by atoms with E-state index in [1.807, 2.05) is 39.0 Å². The second-order valence-corrected chi connectivity index (χ2v) is 8.57. The summed E-state index contributed by atoms with van der Waals surface area (Å²) < 4.78 is 36.4. The third kappa shape index (κ3) is 6.98. The van der Waals surface area contributed by atoms with Gasteiger partial charge in [-0.3, -0.25) is 9.10 Å². The predicted octanol–water partition coefficient (Wildman–Crippen LogP) is 2.66. The lowest BCUT2D eigenvalue weighted by atomic mass is 10.1. The minimum absolute atomic E-state index is 0.271. The van der Waals surface area contributed by atoms with Gasteiger partial charge in [-0.05, 0) is 62.2 Å². The maximum atomic E-state index is 12.3. The van der Waals surface area contributed by atoms with Gasteiger partial charge in [0.1, 0.15) is 24.7 Å². The van der Waals surface area contributed by atoms with Crippen LogP contribution in [0.25, 0.3) is 0 Å². The number of hydrogen-bond acceptors (Lipinski definition) is 5. The van der Waals surface area contributed by atoms with Crippen LogP contribution in [0.1, 0.15) is 18.1 Å². The normalized spacial score (nSPS) is 11.0. The molecule has 0 unspecified atom stereocenters. The summed E-state index contributed by atoms with van der Waals surface area (Å²) in [6, 6.07) is 12.5. The van der Waals surface area contributed by atoms with Crippen molar-refractivity contribution in [3.63, 3.8) is 0 Å². The smallest absolute Gasteiger partial charge is 0.240 e. The van der Waals surface area contributed by atoms with Crippen LogP contribution in [-0.2, 0) is 14.8 Å². The van der Waals surface area contributed by atoms with Crippen molar-refractivity contribution in [3.8, 4) is 11.5 Å². The summed E-state index contributed by atoms with van der Waals surface area (Å²) in [6.45, 7) is 6.57. The van der Waals surface area contributed by atoms with Crippen molar-refractivity contribution in [1.82, 2.24) is 5.32 Å². The molecule has 0 aliphatic rings. The van der Waals surface area contributed by atoms with Gasteiger partial charge in [-0.1, -0.05) is 12.1 Å². The third-order valence-electron chi connectivity index (χ3n) is 4.15. The molecule has 0 bridgehead atoms. The number of sulfonamides is 1.